The van der Waals surface area contributed by atoms with E-state index in [1.165, 1.54) is 38.0 Å². The number of aryl methyl sites for hydroxylation is 2. The summed E-state index contributed by atoms with van der Waals surface area (Å²) < 4.78 is 2.18. The largest absolute Gasteiger partial charge is 0.205 e. The van der Waals surface area contributed by atoms with Gasteiger partial charge in [0.15, 0.2) is 11.9 Å². The van der Waals surface area contributed by atoms with Gasteiger partial charge in [-0.2, -0.15) is 0 Å². The first kappa shape index (κ1) is 11.4. The first-order valence-corrected chi connectivity index (χ1v) is 6.95. The number of nitrogens with zero attached hydrogens (tertiary/aromatic N) is 1. The minimum Gasteiger partial charge on any atom is -0.205 e. The lowest BCUT2D eigenvalue weighted by atomic mass is 9.97. The van der Waals surface area contributed by atoms with E-state index in [1.807, 2.05) is 0 Å². The lowest BCUT2D eigenvalue weighted by molar-refractivity contribution is -0.676. The average molecular weight is 258 g/mol. The number of benzene rings is 3. The predicted octanol–water partition coefficient (Wildman–Crippen LogP) is 4.28. The van der Waals surface area contributed by atoms with E-state index >= 15 is 0 Å². The van der Waals surface area contributed by atoms with Gasteiger partial charge < -0.3 is 0 Å². The molecule has 0 aliphatic carbocycles. The van der Waals surface area contributed by atoms with Crippen molar-refractivity contribution in [3.05, 3.63) is 66.5 Å². The number of aromatic nitrogens is 1. The van der Waals surface area contributed by atoms with Gasteiger partial charge in [0.05, 0.1) is 0 Å². The summed E-state index contributed by atoms with van der Waals surface area (Å²) in [6.07, 6.45) is 2.15. The van der Waals surface area contributed by atoms with Crippen LogP contribution in [0.25, 0.3) is 32.3 Å². The van der Waals surface area contributed by atoms with Crippen LogP contribution in [0, 0.1) is 6.92 Å². The monoisotopic (exact) mass is 258 g/mol. The maximum Gasteiger partial charge on any atom is 0.185 e. The second kappa shape index (κ2) is 4.04. The molecule has 0 radical (unpaired) electrons. The van der Waals surface area contributed by atoms with Gasteiger partial charge in [0.1, 0.15) is 7.05 Å². The van der Waals surface area contributed by atoms with Crippen LogP contribution in [-0.2, 0) is 7.05 Å². The van der Waals surface area contributed by atoms with Crippen LogP contribution in [-0.4, -0.2) is 0 Å². The van der Waals surface area contributed by atoms with Crippen LogP contribution in [0.15, 0.2) is 60.8 Å². The van der Waals surface area contributed by atoms with E-state index in [0.717, 1.165) is 0 Å². The third-order valence-corrected chi connectivity index (χ3v) is 4.35. The van der Waals surface area contributed by atoms with Gasteiger partial charge in [0, 0.05) is 23.8 Å². The SMILES string of the molecule is Cc1c2ccc3c4ccccc4ccc3c2cc[n+]1C. The van der Waals surface area contributed by atoms with Crippen molar-refractivity contribution in [2.45, 2.75) is 6.92 Å². The quantitative estimate of drug-likeness (QED) is 0.327. The fraction of sp³-hybridized carbons (Fsp3) is 0.105. The summed E-state index contributed by atoms with van der Waals surface area (Å²) in [7, 11) is 2.10. The molecule has 1 aromatic heterocycles. The van der Waals surface area contributed by atoms with E-state index < -0.39 is 0 Å². The molecule has 4 aromatic rings. The average Bonchev–Trinajstić information content (AvgIpc) is 2.50. The molecule has 96 valence electrons. The standard InChI is InChI=1S/C19H16N/c1-13-15-9-10-17-16-6-4-3-5-14(16)7-8-18(17)19(15)11-12-20(13)2/h3-12H,1-2H3/q+1. The highest BCUT2D eigenvalue weighted by molar-refractivity contribution is 6.17. The molecule has 1 heterocycles. The molecule has 20 heavy (non-hydrogen) atoms. The van der Waals surface area contributed by atoms with Gasteiger partial charge in [0.2, 0.25) is 0 Å². The van der Waals surface area contributed by atoms with Gasteiger partial charge >= 0.3 is 0 Å². The van der Waals surface area contributed by atoms with Crippen molar-refractivity contribution in [1.82, 2.24) is 0 Å². The van der Waals surface area contributed by atoms with E-state index in [-0.39, 0.29) is 0 Å². The molecule has 0 spiro atoms. The first-order chi connectivity index (χ1) is 9.75. The molecule has 4 rings (SSSR count). The number of fused-ring (bicyclic) bond motifs is 5. The zero-order chi connectivity index (χ0) is 13.7. The summed E-state index contributed by atoms with van der Waals surface area (Å²) in [5.41, 5.74) is 1.30. The van der Waals surface area contributed by atoms with Crippen LogP contribution in [0.3, 0.4) is 0 Å². The van der Waals surface area contributed by atoms with Crippen LogP contribution >= 0.6 is 0 Å². The Morgan fingerprint density at radius 1 is 0.650 bits per heavy atom. The highest BCUT2D eigenvalue weighted by atomic mass is 14.9. The molecule has 0 amide bonds. The molecule has 0 unspecified atom stereocenters. The van der Waals surface area contributed by atoms with Crippen LogP contribution in [0.1, 0.15) is 5.69 Å². The molecule has 0 N–H and O–H groups in total. The molecule has 1 nitrogen and oxygen atoms in total. The number of rotatable bonds is 0. The molecule has 0 fully saturated rings. The highest BCUT2D eigenvalue weighted by Crippen LogP contribution is 2.31. The van der Waals surface area contributed by atoms with E-state index in [1.54, 1.807) is 0 Å². The van der Waals surface area contributed by atoms with Gasteiger partial charge in [-0.3, -0.25) is 0 Å². The van der Waals surface area contributed by atoms with E-state index in [2.05, 4.69) is 79.3 Å². The zero-order valence-electron chi connectivity index (χ0n) is 11.7. The lowest BCUT2D eigenvalue weighted by Crippen LogP contribution is -2.31. The molecule has 0 bridgehead atoms. The van der Waals surface area contributed by atoms with Crippen molar-refractivity contribution in [3.63, 3.8) is 0 Å². The Bertz CT molecular complexity index is 967. The Kier molecular flexibility index (Phi) is 2.31. The van der Waals surface area contributed by atoms with Crippen molar-refractivity contribution < 1.29 is 4.57 Å². The summed E-state index contributed by atoms with van der Waals surface area (Å²) in [5, 5.41) is 7.98. The second-order valence-corrected chi connectivity index (χ2v) is 5.42. The molecule has 1 heteroatoms. The van der Waals surface area contributed by atoms with Crippen LogP contribution < -0.4 is 4.57 Å². The smallest absolute Gasteiger partial charge is 0.185 e. The summed E-state index contributed by atoms with van der Waals surface area (Å²) in [6.45, 7) is 2.18. The molecular weight excluding hydrogens is 242 g/mol. The topological polar surface area (TPSA) is 3.88 Å². The minimum absolute atomic E-state index is 1.30. The third-order valence-electron chi connectivity index (χ3n) is 4.35. The van der Waals surface area contributed by atoms with Crippen molar-refractivity contribution in [2.75, 3.05) is 0 Å². The van der Waals surface area contributed by atoms with E-state index in [9.17, 15) is 0 Å². The third kappa shape index (κ3) is 1.47. The summed E-state index contributed by atoms with van der Waals surface area (Å²) >= 11 is 0. The van der Waals surface area contributed by atoms with Gasteiger partial charge in [0.25, 0.3) is 0 Å². The molecule has 0 saturated heterocycles. The summed E-state index contributed by atoms with van der Waals surface area (Å²) in [6, 6.07) is 19.8. The fourth-order valence-electron chi connectivity index (χ4n) is 3.09. The van der Waals surface area contributed by atoms with Crippen LogP contribution in [0.5, 0.6) is 0 Å². The summed E-state index contributed by atoms with van der Waals surface area (Å²) in [5.74, 6) is 0. The molecule has 0 aliphatic rings. The van der Waals surface area contributed by atoms with Gasteiger partial charge in [-0.25, -0.2) is 4.57 Å². The minimum atomic E-state index is 1.30. The molecule has 0 atom stereocenters. The molecular formula is C19H16N+. The highest BCUT2D eigenvalue weighted by Gasteiger charge is 2.10. The first-order valence-electron chi connectivity index (χ1n) is 6.95. The van der Waals surface area contributed by atoms with Crippen LogP contribution in [0.4, 0.5) is 0 Å². The maximum absolute atomic E-state index is 2.26. The Morgan fingerprint density at radius 2 is 1.30 bits per heavy atom. The second-order valence-electron chi connectivity index (χ2n) is 5.42. The Hall–Kier alpha value is -2.41. The van der Waals surface area contributed by atoms with Crippen molar-refractivity contribution in [3.8, 4) is 0 Å². The van der Waals surface area contributed by atoms with Crippen molar-refractivity contribution in [2.24, 2.45) is 7.05 Å². The number of pyridine rings is 1. The van der Waals surface area contributed by atoms with Crippen molar-refractivity contribution >= 4 is 32.3 Å². The Balaban J connectivity index is 2.26. The van der Waals surface area contributed by atoms with E-state index in [0.29, 0.717) is 0 Å². The van der Waals surface area contributed by atoms with Crippen LogP contribution in [0.2, 0.25) is 0 Å². The molecule has 3 aromatic carbocycles. The normalized spacial score (nSPS) is 11.5. The van der Waals surface area contributed by atoms with E-state index in [4.69, 9.17) is 0 Å². The lowest BCUT2D eigenvalue weighted by Gasteiger charge is -2.08. The van der Waals surface area contributed by atoms with Gasteiger partial charge in [-0.1, -0.05) is 42.5 Å². The van der Waals surface area contributed by atoms with Crippen molar-refractivity contribution in [1.29, 1.82) is 0 Å². The van der Waals surface area contributed by atoms with Gasteiger partial charge in [-0.05, 0) is 27.6 Å². The number of hydrogen-bond donors (Lipinski definition) is 0. The predicted molar refractivity (Wildman–Crippen MR) is 84.9 cm³/mol. The Labute approximate surface area is 118 Å². The van der Waals surface area contributed by atoms with Gasteiger partial charge in [-0.15, -0.1) is 0 Å². The Morgan fingerprint density at radius 3 is 2.20 bits per heavy atom. The molecule has 0 aliphatic heterocycles. The maximum atomic E-state index is 2.26. The summed E-state index contributed by atoms with van der Waals surface area (Å²) in [4.78, 5) is 0. The zero-order valence-corrected chi connectivity index (χ0v) is 11.7. The number of hydrogen-bond acceptors (Lipinski definition) is 0. The fourth-order valence-corrected chi connectivity index (χ4v) is 3.09. The molecule has 0 saturated carbocycles.